The van der Waals surface area contributed by atoms with Crippen LogP contribution in [-0.2, 0) is 0 Å². The molecule has 3 heteroatoms. The van der Waals surface area contributed by atoms with E-state index in [1.54, 1.807) is 6.07 Å². The highest BCUT2D eigenvalue weighted by Gasteiger charge is 2.53. The second-order valence-corrected chi connectivity index (χ2v) is 6.82. The van der Waals surface area contributed by atoms with Crippen LogP contribution in [-0.4, -0.2) is 6.54 Å². The third kappa shape index (κ3) is 2.48. The van der Waals surface area contributed by atoms with Crippen LogP contribution < -0.4 is 5.32 Å². The van der Waals surface area contributed by atoms with E-state index in [4.69, 9.17) is 0 Å². The molecule has 2 aliphatic rings. The molecule has 0 aromatic heterocycles. The zero-order valence-electron chi connectivity index (χ0n) is 10.7. The van der Waals surface area contributed by atoms with Gasteiger partial charge in [0.05, 0.1) is 0 Å². The van der Waals surface area contributed by atoms with Crippen molar-refractivity contribution in [1.29, 1.82) is 0 Å². The summed E-state index contributed by atoms with van der Waals surface area (Å²) in [6, 6.07) is 5.24. The van der Waals surface area contributed by atoms with Gasteiger partial charge in [-0.1, -0.05) is 15.9 Å². The normalized spacial score (nSPS) is 22.8. The third-order valence-corrected chi connectivity index (χ3v) is 5.01. The summed E-state index contributed by atoms with van der Waals surface area (Å²) >= 11 is 3.41. The molecule has 1 aromatic rings. The van der Waals surface area contributed by atoms with Crippen LogP contribution in [0.15, 0.2) is 22.7 Å². The predicted octanol–water partition coefficient (Wildman–Crippen LogP) is 4.43. The van der Waals surface area contributed by atoms with Crippen LogP contribution in [0.1, 0.15) is 44.2 Å². The van der Waals surface area contributed by atoms with Crippen molar-refractivity contribution in [3.8, 4) is 0 Å². The van der Waals surface area contributed by atoms with E-state index in [1.807, 2.05) is 13.0 Å². The predicted molar refractivity (Wildman–Crippen MR) is 74.9 cm³/mol. The standard InChI is InChI=1S/C15H19BrFN/c1-10(13-8-12(16)4-5-14(13)17)18-9-15(6-7-15)11-2-3-11/h4-5,8,10-11,18H,2-3,6-7,9H2,1H3. The molecule has 2 fully saturated rings. The van der Waals surface area contributed by atoms with Crippen molar-refractivity contribution in [3.05, 3.63) is 34.1 Å². The molecule has 1 N–H and O–H groups in total. The first-order valence-corrected chi connectivity index (χ1v) is 7.58. The molecule has 2 saturated carbocycles. The van der Waals surface area contributed by atoms with Gasteiger partial charge in [0.2, 0.25) is 0 Å². The average molecular weight is 312 g/mol. The molecular weight excluding hydrogens is 293 g/mol. The maximum Gasteiger partial charge on any atom is 0.128 e. The molecule has 2 aliphatic carbocycles. The number of hydrogen-bond acceptors (Lipinski definition) is 1. The van der Waals surface area contributed by atoms with Crippen molar-refractivity contribution in [2.75, 3.05) is 6.54 Å². The van der Waals surface area contributed by atoms with Crippen molar-refractivity contribution in [1.82, 2.24) is 5.32 Å². The van der Waals surface area contributed by atoms with Gasteiger partial charge in [-0.05, 0) is 62.1 Å². The number of rotatable bonds is 5. The molecule has 18 heavy (non-hydrogen) atoms. The van der Waals surface area contributed by atoms with Crippen molar-refractivity contribution >= 4 is 15.9 Å². The minimum Gasteiger partial charge on any atom is -0.310 e. The maximum absolute atomic E-state index is 13.8. The summed E-state index contributed by atoms with van der Waals surface area (Å²) < 4.78 is 14.7. The topological polar surface area (TPSA) is 12.0 Å². The molecule has 98 valence electrons. The Hall–Kier alpha value is -0.410. The van der Waals surface area contributed by atoms with Crippen LogP contribution in [0.3, 0.4) is 0 Å². The van der Waals surface area contributed by atoms with Crippen LogP contribution in [0.2, 0.25) is 0 Å². The Morgan fingerprint density at radius 2 is 2.17 bits per heavy atom. The highest BCUT2D eigenvalue weighted by Crippen LogP contribution is 2.60. The molecule has 1 nitrogen and oxygen atoms in total. The van der Waals surface area contributed by atoms with E-state index in [-0.39, 0.29) is 11.9 Å². The third-order valence-electron chi connectivity index (χ3n) is 4.52. The highest BCUT2D eigenvalue weighted by atomic mass is 79.9. The zero-order chi connectivity index (χ0) is 12.8. The SMILES string of the molecule is CC(NCC1(C2CC2)CC1)c1cc(Br)ccc1F. The second-order valence-electron chi connectivity index (χ2n) is 5.91. The van der Waals surface area contributed by atoms with E-state index < -0.39 is 0 Å². The lowest BCUT2D eigenvalue weighted by atomic mass is 9.99. The van der Waals surface area contributed by atoms with Crippen molar-refractivity contribution in [3.63, 3.8) is 0 Å². The fourth-order valence-corrected chi connectivity index (χ4v) is 3.28. The van der Waals surface area contributed by atoms with Crippen LogP contribution in [0.25, 0.3) is 0 Å². The number of nitrogens with one attached hydrogen (secondary N) is 1. The Labute approximate surface area is 116 Å². The van der Waals surface area contributed by atoms with Crippen LogP contribution in [0, 0.1) is 17.2 Å². The van der Waals surface area contributed by atoms with Gasteiger partial charge in [0, 0.05) is 22.6 Å². The van der Waals surface area contributed by atoms with Crippen LogP contribution >= 0.6 is 15.9 Å². The highest BCUT2D eigenvalue weighted by molar-refractivity contribution is 9.10. The summed E-state index contributed by atoms with van der Waals surface area (Å²) in [5.41, 5.74) is 1.33. The molecule has 0 heterocycles. The molecule has 1 atom stereocenters. The zero-order valence-corrected chi connectivity index (χ0v) is 12.3. The summed E-state index contributed by atoms with van der Waals surface area (Å²) in [5.74, 6) is 0.832. The monoisotopic (exact) mass is 311 g/mol. The van der Waals surface area contributed by atoms with E-state index in [0.29, 0.717) is 5.41 Å². The Morgan fingerprint density at radius 3 is 2.78 bits per heavy atom. The van der Waals surface area contributed by atoms with E-state index >= 15 is 0 Å². The van der Waals surface area contributed by atoms with Crippen molar-refractivity contribution in [2.45, 2.75) is 38.6 Å². The summed E-state index contributed by atoms with van der Waals surface area (Å²) in [6.07, 6.45) is 5.53. The molecule has 0 bridgehead atoms. The average Bonchev–Trinajstić information content (AvgIpc) is 3.21. The number of benzene rings is 1. The van der Waals surface area contributed by atoms with Gasteiger partial charge in [0.15, 0.2) is 0 Å². The van der Waals surface area contributed by atoms with Gasteiger partial charge >= 0.3 is 0 Å². The molecule has 0 amide bonds. The molecule has 1 unspecified atom stereocenters. The fraction of sp³-hybridized carbons (Fsp3) is 0.600. The number of hydrogen-bond donors (Lipinski definition) is 1. The van der Waals surface area contributed by atoms with Gasteiger partial charge in [0.1, 0.15) is 5.82 Å². The van der Waals surface area contributed by atoms with Gasteiger partial charge in [-0.15, -0.1) is 0 Å². The Kier molecular flexibility index (Phi) is 3.23. The molecule has 0 aliphatic heterocycles. The molecule has 0 spiro atoms. The second kappa shape index (κ2) is 4.61. The van der Waals surface area contributed by atoms with E-state index in [9.17, 15) is 4.39 Å². The summed E-state index contributed by atoms with van der Waals surface area (Å²) in [4.78, 5) is 0. The molecule has 0 saturated heterocycles. The van der Waals surface area contributed by atoms with Gasteiger partial charge in [-0.25, -0.2) is 4.39 Å². The van der Waals surface area contributed by atoms with Gasteiger partial charge < -0.3 is 5.32 Å². The minimum atomic E-state index is -0.116. The lowest BCUT2D eigenvalue weighted by molar-refractivity contribution is 0.378. The molecule has 3 rings (SSSR count). The van der Waals surface area contributed by atoms with Crippen LogP contribution in [0.4, 0.5) is 4.39 Å². The molecule has 1 aromatic carbocycles. The smallest absolute Gasteiger partial charge is 0.128 e. The first kappa shape index (κ1) is 12.6. The molecular formula is C15H19BrFN. The maximum atomic E-state index is 13.8. The summed E-state index contributed by atoms with van der Waals surface area (Å²) in [5, 5.41) is 3.53. The number of halogens is 2. The molecule has 0 radical (unpaired) electrons. The van der Waals surface area contributed by atoms with Gasteiger partial charge in [0.25, 0.3) is 0 Å². The quantitative estimate of drug-likeness (QED) is 0.848. The van der Waals surface area contributed by atoms with E-state index in [2.05, 4.69) is 21.2 Å². The first-order valence-electron chi connectivity index (χ1n) is 6.79. The largest absolute Gasteiger partial charge is 0.310 e. The van der Waals surface area contributed by atoms with Gasteiger partial charge in [-0.3, -0.25) is 0 Å². The lowest BCUT2D eigenvalue weighted by Gasteiger charge is -2.20. The minimum absolute atomic E-state index is 0.0822. The van der Waals surface area contributed by atoms with Crippen LogP contribution in [0.5, 0.6) is 0 Å². The summed E-state index contributed by atoms with van der Waals surface area (Å²) in [7, 11) is 0. The fourth-order valence-electron chi connectivity index (χ4n) is 2.90. The lowest BCUT2D eigenvalue weighted by Crippen LogP contribution is -2.28. The van der Waals surface area contributed by atoms with E-state index in [0.717, 1.165) is 22.5 Å². The van der Waals surface area contributed by atoms with Crippen molar-refractivity contribution < 1.29 is 4.39 Å². The Morgan fingerprint density at radius 1 is 1.44 bits per heavy atom. The van der Waals surface area contributed by atoms with Crippen molar-refractivity contribution in [2.24, 2.45) is 11.3 Å². The Bertz CT molecular complexity index is 452. The first-order chi connectivity index (χ1) is 8.61. The van der Waals surface area contributed by atoms with Gasteiger partial charge in [-0.2, -0.15) is 0 Å². The van der Waals surface area contributed by atoms with E-state index in [1.165, 1.54) is 31.7 Å². The summed E-state index contributed by atoms with van der Waals surface area (Å²) in [6.45, 7) is 3.10. The Balaban J connectivity index is 1.63.